The Morgan fingerprint density at radius 2 is 2.06 bits per heavy atom. The number of imidazole rings is 1. The highest BCUT2D eigenvalue weighted by Crippen LogP contribution is 2.23. The average molecular weight is 240 g/mol. The maximum Gasteiger partial charge on any atom is 0.180 e. The molecule has 0 aromatic carbocycles. The second kappa shape index (κ2) is 4.10. The first kappa shape index (κ1) is 10.7. The van der Waals surface area contributed by atoms with E-state index in [9.17, 15) is 0 Å². The number of methoxy groups -OCH3 is 1. The summed E-state index contributed by atoms with van der Waals surface area (Å²) in [6.07, 6.45) is 7.20. The Morgan fingerprint density at radius 1 is 1.22 bits per heavy atom. The molecule has 0 atom stereocenters. The Morgan fingerprint density at radius 3 is 2.83 bits per heavy atom. The van der Waals surface area contributed by atoms with Gasteiger partial charge in [0.15, 0.2) is 11.4 Å². The molecule has 0 saturated carbocycles. The van der Waals surface area contributed by atoms with Crippen LogP contribution in [0.15, 0.2) is 36.9 Å². The smallest absolute Gasteiger partial charge is 0.180 e. The first-order valence-electron chi connectivity index (χ1n) is 5.59. The minimum Gasteiger partial charge on any atom is -0.493 e. The van der Waals surface area contributed by atoms with Gasteiger partial charge in [0.05, 0.1) is 12.8 Å². The molecule has 0 N–H and O–H groups in total. The van der Waals surface area contributed by atoms with Gasteiger partial charge in [0.2, 0.25) is 0 Å². The molecule has 90 valence electrons. The van der Waals surface area contributed by atoms with Gasteiger partial charge >= 0.3 is 0 Å². The predicted molar refractivity (Wildman–Crippen MR) is 67.5 cm³/mol. The fraction of sp³-hybridized carbons (Fsp3) is 0.154. The van der Waals surface area contributed by atoms with Crippen molar-refractivity contribution in [2.24, 2.45) is 0 Å². The summed E-state index contributed by atoms with van der Waals surface area (Å²) in [4.78, 5) is 13.1. The standard InChI is InChI=1S/C13H12N4O/c1-9-12(15-6-5-14-9)10-8-17-7-3-4-11(18-2)13(17)16-10/h3-8H,1-2H3. The zero-order valence-corrected chi connectivity index (χ0v) is 10.2. The average Bonchev–Trinajstić information content (AvgIpc) is 2.82. The monoisotopic (exact) mass is 240 g/mol. The molecule has 3 aromatic heterocycles. The van der Waals surface area contributed by atoms with E-state index in [1.165, 1.54) is 0 Å². The van der Waals surface area contributed by atoms with Gasteiger partial charge in [0.25, 0.3) is 0 Å². The summed E-state index contributed by atoms with van der Waals surface area (Å²) in [6.45, 7) is 1.92. The molecule has 5 nitrogen and oxygen atoms in total. The van der Waals surface area contributed by atoms with E-state index >= 15 is 0 Å². The molecule has 0 fully saturated rings. The molecule has 3 rings (SSSR count). The summed E-state index contributed by atoms with van der Waals surface area (Å²) in [6, 6.07) is 3.80. The third-order valence-electron chi connectivity index (χ3n) is 2.79. The topological polar surface area (TPSA) is 52.3 Å². The number of aromatic nitrogens is 4. The Hall–Kier alpha value is -2.43. The van der Waals surface area contributed by atoms with E-state index in [1.54, 1.807) is 19.5 Å². The maximum absolute atomic E-state index is 5.29. The van der Waals surface area contributed by atoms with Crippen LogP contribution in [-0.2, 0) is 0 Å². The number of fused-ring (bicyclic) bond motifs is 1. The van der Waals surface area contributed by atoms with Crippen molar-refractivity contribution in [2.45, 2.75) is 6.92 Å². The van der Waals surface area contributed by atoms with Crippen molar-refractivity contribution in [1.29, 1.82) is 0 Å². The molecule has 0 radical (unpaired) electrons. The quantitative estimate of drug-likeness (QED) is 0.688. The Balaban J connectivity index is 2.23. The molecule has 0 amide bonds. The molecule has 0 aliphatic rings. The van der Waals surface area contributed by atoms with Gasteiger partial charge in [0.1, 0.15) is 11.4 Å². The SMILES string of the molecule is COc1cccn2cc(-c3nccnc3C)nc12. The number of pyridine rings is 1. The highest BCUT2D eigenvalue weighted by Gasteiger charge is 2.11. The second-order valence-corrected chi connectivity index (χ2v) is 3.92. The molecule has 5 heteroatoms. The summed E-state index contributed by atoms with van der Waals surface area (Å²) < 4.78 is 7.21. The zero-order valence-electron chi connectivity index (χ0n) is 10.2. The van der Waals surface area contributed by atoms with Crippen LogP contribution in [0.5, 0.6) is 5.75 Å². The predicted octanol–water partition coefficient (Wildman–Crippen LogP) is 2.11. The summed E-state index contributed by atoms with van der Waals surface area (Å²) in [7, 11) is 1.64. The molecule has 0 saturated heterocycles. The number of rotatable bonds is 2. The Kier molecular flexibility index (Phi) is 2.44. The lowest BCUT2D eigenvalue weighted by atomic mass is 10.2. The van der Waals surface area contributed by atoms with Crippen LogP contribution >= 0.6 is 0 Å². The fourth-order valence-electron chi connectivity index (χ4n) is 1.92. The maximum atomic E-state index is 5.29. The van der Waals surface area contributed by atoms with E-state index in [0.717, 1.165) is 28.5 Å². The fourth-order valence-corrected chi connectivity index (χ4v) is 1.92. The van der Waals surface area contributed by atoms with Crippen LogP contribution in [0.2, 0.25) is 0 Å². The molecule has 0 unspecified atom stereocenters. The van der Waals surface area contributed by atoms with Gasteiger partial charge in [-0.2, -0.15) is 0 Å². The normalized spacial score (nSPS) is 10.8. The van der Waals surface area contributed by atoms with Crippen LogP contribution in [-0.4, -0.2) is 26.5 Å². The number of aryl methyl sites for hydroxylation is 1. The molecular formula is C13H12N4O. The van der Waals surface area contributed by atoms with Gasteiger partial charge in [0, 0.05) is 24.8 Å². The lowest BCUT2D eigenvalue weighted by molar-refractivity contribution is 0.417. The molecule has 0 bridgehead atoms. The van der Waals surface area contributed by atoms with Crippen molar-refractivity contribution in [3.63, 3.8) is 0 Å². The molecular weight excluding hydrogens is 228 g/mol. The summed E-state index contributed by atoms with van der Waals surface area (Å²) in [5.74, 6) is 0.741. The van der Waals surface area contributed by atoms with E-state index in [-0.39, 0.29) is 0 Å². The van der Waals surface area contributed by atoms with Crippen LogP contribution in [0.1, 0.15) is 5.69 Å². The third kappa shape index (κ3) is 1.60. The van der Waals surface area contributed by atoms with E-state index in [4.69, 9.17) is 4.74 Å². The molecule has 0 spiro atoms. The van der Waals surface area contributed by atoms with Crippen LogP contribution in [0, 0.1) is 6.92 Å². The number of nitrogens with zero attached hydrogens (tertiary/aromatic N) is 4. The van der Waals surface area contributed by atoms with Crippen molar-refractivity contribution >= 4 is 5.65 Å². The number of ether oxygens (including phenoxy) is 1. The van der Waals surface area contributed by atoms with Crippen molar-refractivity contribution in [3.8, 4) is 17.1 Å². The van der Waals surface area contributed by atoms with Gasteiger partial charge in [-0.25, -0.2) is 4.98 Å². The summed E-state index contributed by atoms with van der Waals surface area (Å²) in [5, 5.41) is 0. The molecule has 0 aliphatic heterocycles. The highest BCUT2D eigenvalue weighted by molar-refractivity contribution is 5.64. The molecule has 0 aliphatic carbocycles. The molecule has 3 aromatic rings. The van der Waals surface area contributed by atoms with Crippen molar-refractivity contribution < 1.29 is 4.74 Å². The third-order valence-corrected chi connectivity index (χ3v) is 2.79. The Labute approximate surface area is 104 Å². The van der Waals surface area contributed by atoms with Crippen LogP contribution in [0.25, 0.3) is 17.0 Å². The van der Waals surface area contributed by atoms with Crippen LogP contribution in [0.4, 0.5) is 0 Å². The lowest BCUT2D eigenvalue weighted by Crippen LogP contribution is -1.90. The van der Waals surface area contributed by atoms with Gasteiger partial charge in [-0.15, -0.1) is 0 Å². The first-order valence-corrected chi connectivity index (χ1v) is 5.59. The van der Waals surface area contributed by atoms with E-state index < -0.39 is 0 Å². The van der Waals surface area contributed by atoms with Gasteiger partial charge in [-0.3, -0.25) is 9.97 Å². The number of hydrogen-bond acceptors (Lipinski definition) is 4. The lowest BCUT2D eigenvalue weighted by Gasteiger charge is -1.99. The number of hydrogen-bond donors (Lipinski definition) is 0. The van der Waals surface area contributed by atoms with Gasteiger partial charge < -0.3 is 9.14 Å². The molecule has 3 heterocycles. The van der Waals surface area contributed by atoms with E-state index in [1.807, 2.05) is 35.9 Å². The zero-order chi connectivity index (χ0) is 12.5. The summed E-state index contributed by atoms with van der Waals surface area (Å²) >= 11 is 0. The summed E-state index contributed by atoms with van der Waals surface area (Å²) in [5.41, 5.74) is 3.23. The largest absolute Gasteiger partial charge is 0.493 e. The van der Waals surface area contributed by atoms with Gasteiger partial charge in [-0.1, -0.05) is 0 Å². The second-order valence-electron chi connectivity index (χ2n) is 3.92. The van der Waals surface area contributed by atoms with Crippen LogP contribution in [0.3, 0.4) is 0 Å². The molecule has 18 heavy (non-hydrogen) atoms. The highest BCUT2D eigenvalue weighted by atomic mass is 16.5. The van der Waals surface area contributed by atoms with Gasteiger partial charge in [-0.05, 0) is 19.1 Å². The van der Waals surface area contributed by atoms with Crippen molar-refractivity contribution in [3.05, 3.63) is 42.6 Å². The minimum absolute atomic E-state index is 0.741. The van der Waals surface area contributed by atoms with E-state index in [0.29, 0.717) is 0 Å². The first-order chi connectivity index (χ1) is 8.79. The Bertz CT molecular complexity index is 705. The minimum atomic E-state index is 0.741. The van der Waals surface area contributed by atoms with Crippen molar-refractivity contribution in [1.82, 2.24) is 19.4 Å². The van der Waals surface area contributed by atoms with E-state index in [2.05, 4.69) is 15.0 Å². The van der Waals surface area contributed by atoms with Crippen molar-refractivity contribution in [2.75, 3.05) is 7.11 Å². The van der Waals surface area contributed by atoms with Crippen LogP contribution < -0.4 is 4.74 Å².